The molecule has 6 nitrogen and oxygen atoms in total. The van der Waals surface area contributed by atoms with Gasteiger partial charge in [-0.25, -0.2) is 0 Å². The molecule has 35 heavy (non-hydrogen) atoms. The van der Waals surface area contributed by atoms with Gasteiger partial charge in [0.05, 0.1) is 5.57 Å². The average molecular weight is 500 g/mol. The van der Waals surface area contributed by atoms with E-state index in [1.165, 1.54) is 33.5 Å². The first-order chi connectivity index (χ1) is 16.8. The molecule has 8 heteroatoms. The van der Waals surface area contributed by atoms with Crippen molar-refractivity contribution in [3.8, 4) is 5.69 Å². The number of benzene rings is 2. The lowest BCUT2D eigenvalue weighted by molar-refractivity contribution is -0.114. The highest BCUT2D eigenvalue weighted by Crippen LogP contribution is 2.34. The Morgan fingerprint density at radius 1 is 1.06 bits per heavy atom. The topological polar surface area (TPSA) is 73.8 Å². The molecule has 1 amide bonds. The van der Waals surface area contributed by atoms with Gasteiger partial charge in [-0.3, -0.25) is 10.2 Å². The molecule has 3 aromatic rings. The summed E-state index contributed by atoms with van der Waals surface area (Å²) < 4.78 is 2.97. The molecule has 1 aromatic heterocycles. The van der Waals surface area contributed by atoms with E-state index in [1.54, 1.807) is 17.8 Å². The Labute approximate surface area is 213 Å². The first kappa shape index (κ1) is 23.4. The Kier molecular flexibility index (Phi) is 6.25. The van der Waals surface area contributed by atoms with Crippen LogP contribution in [0.25, 0.3) is 11.8 Å². The number of thioether (sulfide) groups is 2. The third-order valence-electron chi connectivity index (χ3n) is 6.23. The highest BCUT2D eigenvalue weighted by molar-refractivity contribution is 8.45. The van der Waals surface area contributed by atoms with Gasteiger partial charge in [-0.15, -0.1) is 5.10 Å². The van der Waals surface area contributed by atoms with Crippen molar-refractivity contribution in [1.82, 2.24) is 9.58 Å². The van der Waals surface area contributed by atoms with Gasteiger partial charge < -0.3 is 4.57 Å². The number of fused-ring (bicyclic) bond motifs is 1. The van der Waals surface area contributed by atoms with Crippen LogP contribution in [0, 0.1) is 33.1 Å². The summed E-state index contributed by atoms with van der Waals surface area (Å²) in [6.07, 6.45) is 1.77. The summed E-state index contributed by atoms with van der Waals surface area (Å²) in [7, 11) is 0. The SMILES string of the molecule is Cc1cccc(-n2c(C)cc(/C=C3\C(=N)N4N=C(SCc5ccccc5)SC4=NC3=O)c2C)c1C. The van der Waals surface area contributed by atoms with E-state index in [9.17, 15) is 4.79 Å². The second kappa shape index (κ2) is 9.36. The number of carbonyl (C=O) groups is 1. The molecule has 5 rings (SSSR count). The van der Waals surface area contributed by atoms with Crippen LogP contribution < -0.4 is 0 Å². The Bertz CT molecular complexity index is 1450. The number of hydrogen-bond donors (Lipinski definition) is 1. The van der Waals surface area contributed by atoms with Crippen LogP contribution in [-0.2, 0) is 10.5 Å². The van der Waals surface area contributed by atoms with E-state index in [1.807, 2.05) is 31.2 Å². The van der Waals surface area contributed by atoms with E-state index >= 15 is 0 Å². The van der Waals surface area contributed by atoms with Crippen molar-refractivity contribution in [3.05, 3.63) is 93.8 Å². The zero-order chi connectivity index (χ0) is 24.7. The maximum atomic E-state index is 12.9. The summed E-state index contributed by atoms with van der Waals surface area (Å²) >= 11 is 2.91. The lowest BCUT2D eigenvalue weighted by atomic mass is 10.1. The molecule has 0 unspecified atom stereocenters. The lowest BCUT2D eigenvalue weighted by Crippen LogP contribution is -2.35. The lowest BCUT2D eigenvalue weighted by Gasteiger charge is -2.20. The van der Waals surface area contributed by atoms with Gasteiger partial charge in [-0.1, -0.05) is 54.2 Å². The first-order valence-corrected chi connectivity index (χ1v) is 13.1. The average Bonchev–Trinajstić information content (AvgIpc) is 3.38. The Morgan fingerprint density at radius 2 is 1.83 bits per heavy atom. The Hall–Kier alpha value is -3.36. The van der Waals surface area contributed by atoms with Crippen LogP contribution >= 0.6 is 23.5 Å². The van der Waals surface area contributed by atoms with E-state index in [-0.39, 0.29) is 11.4 Å². The maximum absolute atomic E-state index is 12.9. The number of amidine groups is 2. The maximum Gasteiger partial charge on any atom is 0.283 e. The van der Waals surface area contributed by atoms with E-state index in [2.05, 4.69) is 65.8 Å². The molecule has 176 valence electrons. The normalized spacial score (nSPS) is 16.6. The molecule has 0 radical (unpaired) electrons. The minimum atomic E-state index is -0.408. The Morgan fingerprint density at radius 3 is 2.60 bits per heavy atom. The largest absolute Gasteiger partial charge is 0.318 e. The fraction of sp³-hybridized carbons (Fsp3) is 0.185. The van der Waals surface area contributed by atoms with Gasteiger partial charge in [0, 0.05) is 22.8 Å². The molecule has 2 aliphatic rings. The molecular weight excluding hydrogens is 474 g/mol. The monoisotopic (exact) mass is 499 g/mol. The van der Waals surface area contributed by atoms with Gasteiger partial charge in [0.1, 0.15) is 0 Å². The van der Waals surface area contributed by atoms with Crippen molar-refractivity contribution in [2.75, 3.05) is 0 Å². The van der Waals surface area contributed by atoms with Crippen molar-refractivity contribution in [2.24, 2.45) is 10.1 Å². The summed E-state index contributed by atoms with van der Waals surface area (Å²) in [5, 5.41) is 15.2. The van der Waals surface area contributed by atoms with Gasteiger partial charge in [0.25, 0.3) is 5.91 Å². The standard InChI is InChI=1S/C27H25N5OS2/c1-16-9-8-12-23(18(16)3)31-17(2)13-21(19(31)4)14-22-24(28)32-26(29-25(22)33)35-27(30-32)34-15-20-10-6-5-7-11-20/h5-14,28H,15H2,1-4H3/b22-14+,28-24?. The van der Waals surface area contributed by atoms with E-state index < -0.39 is 5.91 Å². The van der Waals surface area contributed by atoms with Crippen molar-refractivity contribution in [1.29, 1.82) is 5.41 Å². The first-order valence-electron chi connectivity index (χ1n) is 11.3. The molecule has 2 aliphatic heterocycles. The number of hydrazone groups is 1. The van der Waals surface area contributed by atoms with Crippen LogP contribution in [0.3, 0.4) is 0 Å². The molecule has 2 aromatic carbocycles. The summed E-state index contributed by atoms with van der Waals surface area (Å²) in [6.45, 7) is 8.32. The van der Waals surface area contributed by atoms with Crippen molar-refractivity contribution >= 4 is 50.9 Å². The van der Waals surface area contributed by atoms with E-state index in [0.29, 0.717) is 5.17 Å². The third kappa shape index (κ3) is 4.39. The smallest absolute Gasteiger partial charge is 0.283 e. The molecule has 0 saturated carbocycles. The fourth-order valence-corrected chi connectivity index (χ4v) is 6.07. The summed E-state index contributed by atoms with van der Waals surface area (Å²) in [5.74, 6) is 0.413. The molecule has 0 atom stereocenters. The second-order valence-electron chi connectivity index (χ2n) is 8.54. The number of aromatic nitrogens is 1. The number of rotatable bonds is 4. The molecule has 0 fully saturated rings. The van der Waals surface area contributed by atoms with E-state index in [0.717, 1.165) is 32.8 Å². The van der Waals surface area contributed by atoms with Gasteiger partial charge in [0.2, 0.25) is 5.17 Å². The van der Waals surface area contributed by atoms with Crippen molar-refractivity contribution < 1.29 is 4.79 Å². The fourth-order valence-electron chi connectivity index (χ4n) is 4.19. The summed E-state index contributed by atoms with van der Waals surface area (Å²) in [5.41, 5.74) is 7.97. The zero-order valence-corrected chi connectivity index (χ0v) is 21.6. The number of carbonyl (C=O) groups excluding carboxylic acids is 1. The highest BCUT2D eigenvalue weighted by Gasteiger charge is 2.36. The van der Waals surface area contributed by atoms with Crippen molar-refractivity contribution in [2.45, 2.75) is 33.4 Å². The predicted octanol–water partition coefficient (Wildman–Crippen LogP) is 6.22. The quantitative estimate of drug-likeness (QED) is 0.433. The van der Waals surface area contributed by atoms with Gasteiger partial charge >= 0.3 is 0 Å². The number of nitrogens with one attached hydrogen (secondary N) is 1. The number of nitrogens with zero attached hydrogens (tertiary/aromatic N) is 4. The number of amides is 1. The van der Waals surface area contributed by atoms with Crippen LogP contribution in [-0.4, -0.2) is 30.9 Å². The molecule has 1 N–H and O–H groups in total. The van der Waals surface area contributed by atoms with Crippen molar-refractivity contribution in [3.63, 3.8) is 0 Å². The van der Waals surface area contributed by atoms with Gasteiger partial charge in [-0.2, -0.15) is 10.0 Å². The molecule has 0 aliphatic carbocycles. The molecular formula is C27H25N5OS2. The Balaban J connectivity index is 1.43. The highest BCUT2D eigenvalue weighted by atomic mass is 32.2. The number of aryl methyl sites for hydroxylation is 2. The van der Waals surface area contributed by atoms with Gasteiger partial charge in [0.15, 0.2) is 10.2 Å². The van der Waals surface area contributed by atoms with Crippen LogP contribution in [0.4, 0.5) is 0 Å². The second-order valence-corrected chi connectivity index (χ2v) is 10.7. The summed E-state index contributed by atoms with van der Waals surface area (Å²) in [4.78, 5) is 17.2. The van der Waals surface area contributed by atoms with Crippen LogP contribution in [0.15, 0.2) is 70.3 Å². The van der Waals surface area contributed by atoms with Gasteiger partial charge in [-0.05, 0) is 79.9 Å². The predicted molar refractivity (Wildman–Crippen MR) is 147 cm³/mol. The summed E-state index contributed by atoms with van der Waals surface area (Å²) in [6, 6.07) is 18.5. The number of hydrogen-bond acceptors (Lipinski definition) is 5. The minimum Gasteiger partial charge on any atom is -0.318 e. The number of aliphatic imine (C=N–C) groups is 1. The molecule has 0 spiro atoms. The van der Waals surface area contributed by atoms with E-state index in [4.69, 9.17) is 5.41 Å². The minimum absolute atomic E-state index is 0.0550. The van der Waals surface area contributed by atoms with Crippen LogP contribution in [0.5, 0.6) is 0 Å². The molecule has 0 bridgehead atoms. The molecule has 0 saturated heterocycles. The van der Waals surface area contributed by atoms with Crippen LogP contribution in [0.1, 0.15) is 33.6 Å². The zero-order valence-electron chi connectivity index (χ0n) is 20.0. The molecule has 3 heterocycles. The third-order valence-corrected chi connectivity index (χ3v) is 8.34. The van der Waals surface area contributed by atoms with Crippen LogP contribution in [0.2, 0.25) is 0 Å².